The second kappa shape index (κ2) is 4.64. The summed E-state index contributed by atoms with van der Waals surface area (Å²) in [6.07, 6.45) is 0. The van der Waals surface area contributed by atoms with Crippen LogP contribution in [0.2, 0.25) is 0 Å². The van der Waals surface area contributed by atoms with E-state index in [9.17, 15) is 0 Å². The topological polar surface area (TPSA) is 25.2 Å². The smallest absolute Gasteiger partial charge is 0.117 e. The molecular weight excluding hydrogens is 206 g/mol. The van der Waals surface area contributed by atoms with E-state index in [4.69, 9.17) is 4.42 Å². The second-order valence-corrected chi connectivity index (χ2v) is 4.45. The van der Waals surface area contributed by atoms with E-state index in [-0.39, 0.29) is 0 Å². The first-order valence-electron chi connectivity index (χ1n) is 5.06. The lowest BCUT2D eigenvalue weighted by molar-refractivity contribution is 0.444. The summed E-state index contributed by atoms with van der Waals surface area (Å²) in [6, 6.07) is 6.53. The first kappa shape index (κ1) is 10.5. The third kappa shape index (κ3) is 2.70. The fraction of sp³-hybridized carbons (Fsp3) is 0.333. The van der Waals surface area contributed by atoms with Crippen LogP contribution in [0.25, 0.3) is 0 Å². The summed E-state index contributed by atoms with van der Waals surface area (Å²) >= 11 is 1.73. The van der Waals surface area contributed by atoms with Crippen molar-refractivity contribution in [2.75, 3.05) is 0 Å². The molecular formula is C12H15NOS. The van der Waals surface area contributed by atoms with Crippen LogP contribution in [0.4, 0.5) is 0 Å². The maximum Gasteiger partial charge on any atom is 0.117 e. The highest BCUT2D eigenvalue weighted by molar-refractivity contribution is 7.07. The molecule has 0 fully saturated rings. The van der Waals surface area contributed by atoms with Gasteiger partial charge in [-0.2, -0.15) is 11.3 Å². The van der Waals surface area contributed by atoms with Crippen molar-refractivity contribution in [1.82, 2.24) is 5.32 Å². The summed E-state index contributed by atoms with van der Waals surface area (Å²) < 4.78 is 5.49. The van der Waals surface area contributed by atoms with Crippen LogP contribution >= 0.6 is 11.3 Å². The molecule has 0 spiro atoms. The maximum atomic E-state index is 5.49. The van der Waals surface area contributed by atoms with E-state index >= 15 is 0 Å². The molecule has 0 radical (unpaired) electrons. The van der Waals surface area contributed by atoms with Crippen molar-refractivity contribution in [2.45, 2.75) is 26.4 Å². The Bertz CT molecular complexity index is 405. The van der Waals surface area contributed by atoms with Gasteiger partial charge in [-0.3, -0.25) is 0 Å². The van der Waals surface area contributed by atoms with E-state index in [0.717, 1.165) is 18.1 Å². The van der Waals surface area contributed by atoms with Gasteiger partial charge in [0, 0.05) is 6.04 Å². The van der Waals surface area contributed by atoms with E-state index in [1.165, 1.54) is 5.56 Å². The van der Waals surface area contributed by atoms with Crippen LogP contribution in [0, 0.1) is 6.92 Å². The Kier molecular flexibility index (Phi) is 3.23. The quantitative estimate of drug-likeness (QED) is 0.854. The molecule has 0 aliphatic carbocycles. The predicted molar refractivity (Wildman–Crippen MR) is 63.0 cm³/mol. The zero-order valence-electron chi connectivity index (χ0n) is 8.99. The zero-order chi connectivity index (χ0) is 10.7. The summed E-state index contributed by atoms with van der Waals surface area (Å²) in [4.78, 5) is 0. The van der Waals surface area contributed by atoms with Gasteiger partial charge >= 0.3 is 0 Å². The Balaban J connectivity index is 1.88. The number of furan rings is 1. The minimum atomic E-state index is 0.377. The Hall–Kier alpha value is -1.06. The minimum absolute atomic E-state index is 0.377. The number of hydrogen-bond acceptors (Lipinski definition) is 3. The zero-order valence-corrected chi connectivity index (χ0v) is 9.80. The molecule has 0 aliphatic rings. The van der Waals surface area contributed by atoms with Crippen molar-refractivity contribution in [3.05, 3.63) is 46.0 Å². The molecule has 0 aromatic carbocycles. The van der Waals surface area contributed by atoms with Gasteiger partial charge in [0.2, 0.25) is 0 Å². The third-order valence-corrected chi connectivity index (χ3v) is 3.12. The van der Waals surface area contributed by atoms with E-state index in [1.54, 1.807) is 11.3 Å². The van der Waals surface area contributed by atoms with Gasteiger partial charge in [-0.1, -0.05) is 0 Å². The van der Waals surface area contributed by atoms with E-state index in [1.807, 2.05) is 19.1 Å². The maximum absolute atomic E-state index is 5.49. The average Bonchev–Trinajstić information content (AvgIpc) is 2.84. The van der Waals surface area contributed by atoms with Gasteiger partial charge in [0.15, 0.2) is 0 Å². The van der Waals surface area contributed by atoms with Crippen LogP contribution in [0.3, 0.4) is 0 Å². The molecule has 2 nitrogen and oxygen atoms in total. The summed E-state index contributed by atoms with van der Waals surface area (Å²) in [5, 5.41) is 7.70. The van der Waals surface area contributed by atoms with Crippen molar-refractivity contribution < 1.29 is 4.42 Å². The van der Waals surface area contributed by atoms with E-state index in [2.05, 4.69) is 29.1 Å². The first-order chi connectivity index (χ1) is 7.25. The fourth-order valence-corrected chi connectivity index (χ4v) is 2.23. The highest BCUT2D eigenvalue weighted by Gasteiger charge is 2.06. The van der Waals surface area contributed by atoms with Crippen molar-refractivity contribution in [2.24, 2.45) is 0 Å². The Labute approximate surface area is 93.9 Å². The predicted octanol–water partition coefficient (Wildman–Crippen LogP) is 3.50. The van der Waals surface area contributed by atoms with Crippen molar-refractivity contribution in [1.29, 1.82) is 0 Å². The highest BCUT2D eigenvalue weighted by atomic mass is 32.1. The van der Waals surface area contributed by atoms with Crippen molar-refractivity contribution >= 4 is 11.3 Å². The molecule has 0 saturated carbocycles. The minimum Gasteiger partial charge on any atom is -0.465 e. The van der Waals surface area contributed by atoms with Crippen LogP contribution in [-0.4, -0.2) is 0 Å². The van der Waals surface area contributed by atoms with E-state index < -0.39 is 0 Å². The van der Waals surface area contributed by atoms with Gasteiger partial charge in [-0.15, -0.1) is 0 Å². The summed E-state index contributed by atoms with van der Waals surface area (Å²) in [5.74, 6) is 1.96. The van der Waals surface area contributed by atoms with Crippen LogP contribution in [0.5, 0.6) is 0 Å². The van der Waals surface area contributed by atoms with Crippen LogP contribution in [0.1, 0.15) is 30.0 Å². The third-order valence-electron chi connectivity index (χ3n) is 2.42. The molecule has 3 heteroatoms. The first-order valence-corrected chi connectivity index (χ1v) is 6.01. The fourth-order valence-electron chi connectivity index (χ4n) is 1.47. The summed E-state index contributed by atoms with van der Waals surface area (Å²) in [5.41, 5.74) is 1.34. The molecule has 80 valence electrons. The molecule has 2 aromatic heterocycles. The number of rotatable bonds is 4. The lowest BCUT2D eigenvalue weighted by Gasteiger charge is -2.10. The van der Waals surface area contributed by atoms with Gasteiger partial charge in [0.05, 0.1) is 6.54 Å². The molecule has 1 unspecified atom stereocenters. The van der Waals surface area contributed by atoms with Crippen LogP contribution < -0.4 is 5.32 Å². The molecule has 0 aliphatic heterocycles. The molecule has 2 aromatic rings. The molecule has 2 heterocycles. The number of thiophene rings is 1. The average molecular weight is 221 g/mol. The summed E-state index contributed by atoms with van der Waals surface area (Å²) in [7, 11) is 0. The van der Waals surface area contributed by atoms with Gasteiger partial charge in [-0.25, -0.2) is 0 Å². The van der Waals surface area contributed by atoms with Crippen molar-refractivity contribution in [3.8, 4) is 0 Å². The monoisotopic (exact) mass is 221 g/mol. The number of aryl methyl sites for hydroxylation is 1. The van der Waals surface area contributed by atoms with Crippen LogP contribution in [-0.2, 0) is 6.54 Å². The second-order valence-electron chi connectivity index (χ2n) is 3.67. The summed E-state index contributed by atoms with van der Waals surface area (Å²) in [6.45, 7) is 4.91. The largest absolute Gasteiger partial charge is 0.465 e. The standard InChI is InChI=1S/C12H15NOS/c1-9-3-4-12(14-9)7-13-10(2)11-5-6-15-8-11/h3-6,8,10,13H,7H2,1-2H3. The SMILES string of the molecule is Cc1ccc(CNC(C)c2ccsc2)o1. The van der Waals surface area contributed by atoms with Gasteiger partial charge in [0.1, 0.15) is 11.5 Å². The molecule has 1 N–H and O–H groups in total. The Morgan fingerprint density at radius 1 is 1.40 bits per heavy atom. The molecule has 0 amide bonds. The molecule has 15 heavy (non-hydrogen) atoms. The van der Waals surface area contributed by atoms with Crippen LogP contribution in [0.15, 0.2) is 33.4 Å². The van der Waals surface area contributed by atoms with Gasteiger partial charge < -0.3 is 9.73 Å². The molecule has 2 rings (SSSR count). The molecule has 1 atom stereocenters. The van der Waals surface area contributed by atoms with Gasteiger partial charge in [-0.05, 0) is 48.4 Å². The molecule has 0 bridgehead atoms. The van der Waals surface area contributed by atoms with E-state index in [0.29, 0.717) is 6.04 Å². The lowest BCUT2D eigenvalue weighted by atomic mass is 10.2. The normalized spacial score (nSPS) is 12.9. The number of nitrogens with one attached hydrogen (secondary N) is 1. The molecule has 0 saturated heterocycles. The lowest BCUT2D eigenvalue weighted by Crippen LogP contribution is -2.17. The Morgan fingerprint density at radius 2 is 2.27 bits per heavy atom. The van der Waals surface area contributed by atoms with Crippen molar-refractivity contribution in [3.63, 3.8) is 0 Å². The highest BCUT2D eigenvalue weighted by Crippen LogP contribution is 2.16. The Morgan fingerprint density at radius 3 is 2.87 bits per heavy atom. The van der Waals surface area contributed by atoms with Gasteiger partial charge in [0.25, 0.3) is 0 Å². The number of hydrogen-bond donors (Lipinski definition) is 1.